The third kappa shape index (κ3) is 2.84. The predicted octanol–water partition coefficient (Wildman–Crippen LogP) is 5.01. The van der Waals surface area contributed by atoms with E-state index < -0.39 is 0 Å². The maximum Gasteiger partial charge on any atom is 0.291 e. The van der Waals surface area contributed by atoms with Gasteiger partial charge >= 0.3 is 0 Å². The molecular formula is C19H14ClN3O3. The highest BCUT2D eigenvalue weighted by atomic mass is 35.5. The Morgan fingerprint density at radius 1 is 1.15 bits per heavy atom. The lowest BCUT2D eigenvalue weighted by atomic mass is 10.1. The first-order valence-corrected chi connectivity index (χ1v) is 8.28. The standard InChI is InChI=1S/C19H14ClN3O3/c1-10-3-4-12(19-23-21-9-25-19)7-15(10)22-18(24)17-11(2)14-8-13(20)5-6-16(14)26-17/h3-9H,1-2H3,(H,22,24). The minimum Gasteiger partial charge on any atom is -0.451 e. The molecule has 0 aliphatic heterocycles. The van der Waals surface area contributed by atoms with Crippen LogP contribution in [0.2, 0.25) is 5.02 Å². The lowest BCUT2D eigenvalue weighted by Crippen LogP contribution is -2.13. The molecule has 0 fully saturated rings. The zero-order chi connectivity index (χ0) is 18.3. The van der Waals surface area contributed by atoms with Gasteiger partial charge in [-0.05, 0) is 49.7 Å². The van der Waals surface area contributed by atoms with E-state index in [1.165, 1.54) is 6.39 Å². The molecular weight excluding hydrogens is 354 g/mol. The Morgan fingerprint density at radius 3 is 2.77 bits per heavy atom. The Labute approximate surface area is 153 Å². The zero-order valence-corrected chi connectivity index (χ0v) is 14.8. The molecule has 2 heterocycles. The predicted molar refractivity (Wildman–Crippen MR) is 98.4 cm³/mol. The number of amides is 1. The van der Waals surface area contributed by atoms with Gasteiger partial charge in [0.1, 0.15) is 5.58 Å². The molecule has 2 aromatic carbocycles. The van der Waals surface area contributed by atoms with Gasteiger partial charge in [0.15, 0.2) is 5.76 Å². The number of aromatic nitrogens is 2. The number of halogens is 1. The van der Waals surface area contributed by atoms with E-state index in [0.29, 0.717) is 22.2 Å². The highest BCUT2D eigenvalue weighted by Gasteiger charge is 2.19. The number of fused-ring (bicyclic) bond motifs is 1. The van der Waals surface area contributed by atoms with Crippen LogP contribution >= 0.6 is 11.6 Å². The van der Waals surface area contributed by atoms with Crippen molar-refractivity contribution in [1.29, 1.82) is 0 Å². The molecule has 0 spiro atoms. The van der Waals surface area contributed by atoms with Gasteiger partial charge < -0.3 is 14.2 Å². The number of hydrogen-bond donors (Lipinski definition) is 1. The van der Waals surface area contributed by atoms with Crippen LogP contribution < -0.4 is 5.32 Å². The van der Waals surface area contributed by atoms with Crippen molar-refractivity contribution in [2.24, 2.45) is 0 Å². The smallest absolute Gasteiger partial charge is 0.291 e. The second kappa shape index (κ2) is 6.31. The van der Waals surface area contributed by atoms with Gasteiger partial charge in [-0.25, -0.2) is 0 Å². The Kier molecular flexibility index (Phi) is 3.97. The Balaban J connectivity index is 1.68. The fourth-order valence-corrected chi connectivity index (χ4v) is 2.95. The molecule has 0 saturated carbocycles. The SMILES string of the molecule is Cc1ccc(-c2nnco2)cc1NC(=O)c1oc2ccc(Cl)cc2c1C. The molecule has 4 rings (SSSR count). The average molecular weight is 368 g/mol. The Morgan fingerprint density at radius 2 is 2.00 bits per heavy atom. The van der Waals surface area contributed by atoms with Crippen LogP contribution in [0.25, 0.3) is 22.4 Å². The summed E-state index contributed by atoms with van der Waals surface area (Å²) >= 11 is 6.03. The Hall–Kier alpha value is -3.12. The second-order valence-corrected chi connectivity index (χ2v) is 6.36. The van der Waals surface area contributed by atoms with Gasteiger partial charge in [-0.2, -0.15) is 0 Å². The molecule has 6 nitrogen and oxygen atoms in total. The molecule has 1 N–H and O–H groups in total. The molecule has 130 valence electrons. The highest BCUT2D eigenvalue weighted by molar-refractivity contribution is 6.31. The summed E-state index contributed by atoms with van der Waals surface area (Å²) in [7, 11) is 0. The molecule has 1 amide bonds. The number of rotatable bonds is 3. The number of hydrogen-bond acceptors (Lipinski definition) is 5. The monoisotopic (exact) mass is 367 g/mol. The number of furan rings is 1. The molecule has 0 bridgehead atoms. The number of anilines is 1. The number of nitrogens with zero attached hydrogens (tertiary/aromatic N) is 2. The lowest BCUT2D eigenvalue weighted by molar-refractivity contribution is 0.0998. The van der Waals surface area contributed by atoms with Crippen LogP contribution in [-0.2, 0) is 0 Å². The third-order valence-electron chi connectivity index (χ3n) is 4.20. The van der Waals surface area contributed by atoms with E-state index in [0.717, 1.165) is 22.1 Å². The molecule has 0 unspecified atom stereocenters. The van der Waals surface area contributed by atoms with Crippen molar-refractivity contribution in [2.75, 3.05) is 5.32 Å². The summed E-state index contributed by atoms with van der Waals surface area (Å²) in [6.45, 7) is 3.73. The van der Waals surface area contributed by atoms with E-state index in [1.807, 2.05) is 26.0 Å². The molecule has 0 aliphatic carbocycles. The Bertz CT molecular complexity index is 1120. The van der Waals surface area contributed by atoms with Crippen LogP contribution in [0.4, 0.5) is 5.69 Å². The van der Waals surface area contributed by atoms with Gasteiger partial charge in [0.05, 0.1) is 0 Å². The van der Waals surface area contributed by atoms with Crippen LogP contribution in [0, 0.1) is 13.8 Å². The van der Waals surface area contributed by atoms with E-state index in [4.69, 9.17) is 20.4 Å². The molecule has 7 heteroatoms. The molecule has 0 atom stereocenters. The molecule has 26 heavy (non-hydrogen) atoms. The van der Waals surface area contributed by atoms with Crippen LogP contribution in [-0.4, -0.2) is 16.1 Å². The van der Waals surface area contributed by atoms with Gasteiger partial charge in [-0.1, -0.05) is 17.7 Å². The largest absolute Gasteiger partial charge is 0.451 e. The lowest BCUT2D eigenvalue weighted by Gasteiger charge is -2.08. The normalized spacial score (nSPS) is 11.0. The summed E-state index contributed by atoms with van der Waals surface area (Å²) in [6.07, 6.45) is 1.26. The van der Waals surface area contributed by atoms with Crippen LogP contribution in [0.1, 0.15) is 21.7 Å². The summed E-state index contributed by atoms with van der Waals surface area (Å²) < 4.78 is 10.9. The van der Waals surface area contributed by atoms with E-state index in [1.54, 1.807) is 24.3 Å². The van der Waals surface area contributed by atoms with E-state index in [-0.39, 0.29) is 11.7 Å². The van der Waals surface area contributed by atoms with Crippen molar-refractivity contribution in [3.05, 3.63) is 64.7 Å². The van der Waals surface area contributed by atoms with Crippen molar-refractivity contribution in [2.45, 2.75) is 13.8 Å². The first kappa shape index (κ1) is 16.4. The maximum absolute atomic E-state index is 12.8. The number of carbonyl (C=O) groups excluding carboxylic acids is 1. The first-order chi connectivity index (χ1) is 12.5. The van der Waals surface area contributed by atoms with Crippen molar-refractivity contribution < 1.29 is 13.6 Å². The average Bonchev–Trinajstić information content (AvgIpc) is 3.26. The molecule has 0 radical (unpaired) electrons. The van der Waals surface area contributed by atoms with Crippen molar-refractivity contribution >= 4 is 34.2 Å². The molecule has 0 saturated heterocycles. The van der Waals surface area contributed by atoms with Gasteiger partial charge in [-0.3, -0.25) is 4.79 Å². The second-order valence-electron chi connectivity index (χ2n) is 5.92. The van der Waals surface area contributed by atoms with Crippen molar-refractivity contribution in [3.63, 3.8) is 0 Å². The van der Waals surface area contributed by atoms with Crippen molar-refractivity contribution in [3.8, 4) is 11.5 Å². The zero-order valence-electron chi connectivity index (χ0n) is 14.0. The summed E-state index contributed by atoms with van der Waals surface area (Å²) in [5.74, 6) is 0.306. The van der Waals surface area contributed by atoms with Crippen LogP contribution in [0.3, 0.4) is 0 Å². The van der Waals surface area contributed by atoms with Gasteiger partial charge in [0.25, 0.3) is 5.91 Å². The molecule has 0 aliphatic rings. The number of nitrogens with one attached hydrogen (secondary N) is 1. The van der Waals surface area contributed by atoms with Gasteiger partial charge in [-0.15, -0.1) is 10.2 Å². The van der Waals surface area contributed by atoms with Crippen LogP contribution in [0.5, 0.6) is 0 Å². The molecule has 4 aromatic rings. The van der Waals surface area contributed by atoms with Crippen LogP contribution in [0.15, 0.2) is 51.6 Å². The minimum absolute atomic E-state index is 0.255. The fourth-order valence-electron chi connectivity index (χ4n) is 2.78. The first-order valence-electron chi connectivity index (χ1n) is 7.90. The van der Waals surface area contributed by atoms with Gasteiger partial charge in [0, 0.05) is 27.2 Å². The number of benzene rings is 2. The minimum atomic E-state index is -0.333. The third-order valence-corrected chi connectivity index (χ3v) is 4.43. The van der Waals surface area contributed by atoms with E-state index in [9.17, 15) is 4.79 Å². The van der Waals surface area contributed by atoms with E-state index in [2.05, 4.69) is 15.5 Å². The summed E-state index contributed by atoms with van der Waals surface area (Å²) in [5, 5.41) is 11.9. The number of aryl methyl sites for hydroxylation is 2. The quantitative estimate of drug-likeness (QED) is 0.550. The fraction of sp³-hybridized carbons (Fsp3) is 0.105. The summed E-state index contributed by atoms with van der Waals surface area (Å²) in [5.41, 5.74) is 3.62. The summed E-state index contributed by atoms with van der Waals surface area (Å²) in [6, 6.07) is 10.8. The maximum atomic E-state index is 12.8. The van der Waals surface area contributed by atoms with Gasteiger partial charge in [0.2, 0.25) is 12.3 Å². The van der Waals surface area contributed by atoms with E-state index >= 15 is 0 Å². The highest BCUT2D eigenvalue weighted by Crippen LogP contribution is 2.29. The van der Waals surface area contributed by atoms with Crippen molar-refractivity contribution in [1.82, 2.24) is 10.2 Å². The summed E-state index contributed by atoms with van der Waals surface area (Å²) in [4.78, 5) is 12.8. The topological polar surface area (TPSA) is 81.2 Å². The molecule has 2 aromatic heterocycles. The number of carbonyl (C=O) groups is 1.